The van der Waals surface area contributed by atoms with Gasteiger partial charge >= 0.3 is 0 Å². The Balaban J connectivity index is 1.85. The number of nitrogens with one attached hydrogen (secondary N) is 1. The molecule has 1 aliphatic rings. The van der Waals surface area contributed by atoms with Crippen molar-refractivity contribution in [1.82, 2.24) is 10.3 Å². The molecule has 4 heteroatoms. The van der Waals surface area contributed by atoms with E-state index in [-0.39, 0.29) is 5.60 Å². The number of hydrogen-bond acceptors (Lipinski definition) is 4. The quantitative estimate of drug-likeness (QED) is 0.740. The van der Waals surface area contributed by atoms with E-state index in [0.29, 0.717) is 6.54 Å². The molecule has 0 amide bonds. The number of rotatable bonds is 7. The smallest absolute Gasteiger partial charge is 0.208 e. The summed E-state index contributed by atoms with van der Waals surface area (Å²) >= 11 is 0. The van der Waals surface area contributed by atoms with Crippen LogP contribution in [-0.4, -0.2) is 24.2 Å². The molecule has 17 heavy (non-hydrogen) atoms. The maximum Gasteiger partial charge on any atom is 0.208 e. The van der Waals surface area contributed by atoms with Crippen molar-refractivity contribution in [3.8, 4) is 0 Å². The van der Waals surface area contributed by atoms with Gasteiger partial charge in [0, 0.05) is 13.5 Å². The molecule has 0 bridgehead atoms. The van der Waals surface area contributed by atoms with Crippen molar-refractivity contribution in [2.24, 2.45) is 0 Å². The topological polar surface area (TPSA) is 47.3 Å². The van der Waals surface area contributed by atoms with Crippen molar-refractivity contribution in [3.05, 3.63) is 17.8 Å². The summed E-state index contributed by atoms with van der Waals surface area (Å²) in [6.07, 6.45) is 7.33. The van der Waals surface area contributed by atoms with Crippen LogP contribution in [0.4, 0.5) is 0 Å². The van der Waals surface area contributed by atoms with Gasteiger partial charge in [-0.3, -0.25) is 0 Å². The third-order valence-corrected chi connectivity index (χ3v) is 3.50. The first-order valence-corrected chi connectivity index (χ1v) is 6.47. The van der Waals surface area contributed by atoms with Crippen LogP contribution >= 0.6 is 0 Å². The van der Waals surface area contributed by atoms with Crippen molar-refractivity contribution in [1.29, 1.82) is 0 Å². The zero-order valence-electron chi connectivity index (χ0n) is 10.8. The number of nitrogens with zero attached hydrogens (tertiary/aromatic N) is 1. The summed E-state index contributed by atoms with van der Waals surface area (Å²) < 4.78 is 11.3. The second-order valence-electron chi connectivity index (χ2n) is 4.81. The molecule has 0 radical (unpaired) electrons. The molecular formula is C13H22N2O2. The highest BCUT2D eigenvalue weighted by atomic mass is 16.5. The number of aromatic nitrogens is 1. The predicted octanol–water partition coefficient (Wildman–Crippen LogP) is 2.29. The maximum atomic E-state index is 5.71. The van der Waals surface area contributed by atoms with Crippen LogP contribution < -0.4 is 5.32 Å². The fourth-order valence-electron chi connectivity index (χ4n) is 2.23. The van der Waals surface area contributed by atoms with Crippen LogP contribution in [0.2, 0.25) is 0 Å². The van der Waals surface area contributed by atoms with Crippen LogP contribution in [-0.2, 0) is 17.7 Å². The summed E-state index contributed by atoms with van der Waals surface area (Å²) in [4.78, 5) is 4.28. The lowest BCUT2D eigenvalue weighted by Crippen LogP contribution is -2.41. The molecule has 0 saturated heterocycles. The first-order valence-electron chi connectivity index (χ1n) is 6.47. The number of hydrogen-bond donors (Lipinski definition) is 1. The number of oxazole rings is 1. The molecule has 0 atom stereocenters. The molecule has 1 N–H and O–H groups in total. The molecule has 96 valence electrons. The molecule has 1 saturated carbocycles. The minimum atomic E-state index is 0.0215. The highest BCUT2D eigenvalue weighted by Gasteiger charge is 2.38. The highest BCUT2D eigenvalue weighted by molar-refractivity contribution is 5.03. The zero-order chi connectivity index (χ0) is 12.1. The molecule has 2 rings (SSSR count). The Hall–Kier alpha value is -0.870. The van der Waals surface area contributed by atoms with Crippen LogP contribution in [0.15, 0.2) is 10.6 Å². The second-order valence-corrected chi connectivity index (χ2v) is 4.81. The van der Waals surface area contributed by atoms with Crippen molar-refractivity contribution < 1.29 is 9.15 Å². The van der Waals surface area contributed by atoms with Crippen molar-refractivity contribution in [2.45, 2.75) is 51.2 Å². The Kier molecular flexibility index (Phi) is 4.18. The second kappa shape index (κ2) is 5.65. The lowest BCUT2D eigenvalue weighted by atomic mass is 9.77. The van der Waals surface area contributed by atoms with E-state index in [9.17, 15) is 0 Å². The molecule has 0 aliphatic heterocycles. The van der Waals surface area contributed by atoms with E-state index < -0.39 is 0 Å². The van der Waals surface area contributed by atoms with Gasteiger partial charge in [0.25, 0.3) is 0 Å². The Labute approximate surface area is 103 Å². The maximum absolute atomic E-state index is 5.71. The molecule has 1 aromatic rings. The lowest BCUT2D eigenvalue weighted by molar-refractivity contribution is -0.0738. The largest absolute Gasteiger partial charge is 0.444 e. The summed E-state index contributed by atoms with van der Waals surface area (Å²) in [6.45, 7) is 3.86. The Morgan fingerprint density at radius 3 is 2.94 bits per heavy atom. The first-order chi connectivity index (χ1) is 8.28. The van der Waals surface area contributed by atoms with Crippen LogP contribution in [0, 0.1) is 0 Å². The SMILES string of the molecule is CCCNCc1ncc(CC2(OC)CCC2)o1. The van der Waals surface area contributed by atoms with Crippen LogP contribution in [0.1, 0.15) is 44.3 Å². The van der Waals surface area contributed by atoms with Crippen LogP contribution in [0.3, 0.4) is 0 Å². The average Bonchev–Trinajstić information content (AvgIpc) is 2.72. The Bertz CT molecular complexity index is 339. The van der Waals surface area contributed by atoms with Gasteiger partial charge in [0.15, 0.2) is 0 Å². The summed E-state index contributed by atoms with van der Waals surface area (Å²) in [5.74, 6) is 1.72. The summed E-state index contributed by atoms with van der Waals surface area (Å²) in [5.41, 5.74) is 0.0215. The summed E-state index contributed by atoms with van der Waals surface area (Å²) in [7, 11) is 1.79. The van der Waals surface area contributed by atoms with E-state index in [1.54, 1.807) is 7.11 Å². The normalized spacial score (nSPS) is 18.0. The molecule has 0 aromatic carbocycles. The predicted molar refractivity (Wildman–Crippen MR) is 65.8 cm³/mol. The van der Waals surface area contributed by atoms with Gasteiger partial charge in [-0.15, -0.1) is 0 Å². The number of ether oxygens (including phenoxy) is 1. The van der Waals surface area contributed by atoms with Gasteiger partial charge in [-0.1, -0.05) is 6.92 Å². The monoisotopic (exact) mass is 238 g/mol. The van der Waals surface area contributed by atoms with Crippen molar-refractivity contribution >= 4 is 0 Å². The first kappa shape index (κ1) is 12.6. The van der Waals surface area contributed by atoms with Crippen LogP contribution in [0.25, 0.3) is 0 Å². The van der Waals surface area contributed by atoms with E-state index in [1.807, 2.05) is 6.20 Å². The average molecular weight is 238 g/mol. The van der Waals surface area contributed by atoms with E-state index in [2.05, 4.69) is 17.2 Å². The van der Waals surface area contributed by atoms with Gasteiger partial charge in [0.05, 0.1) is 18.3 Å². The van der Waals surface area contributed by atoms with E-state index in [1.165, 1.54) is 6.42 Å². The minimum Gasteiger partial charge on any atom is -0.444 e. The Morgan fingerprint density at radius 1 is 1.53 bits per heavy atom. The van der Waals surface area contributed by atoms with E-state index in [0.717, 1.165) is 43.9 Å². The van der Waals surface area contributed by atoms with Crippen molar-refractivity contribution in [3.63, 3.8) is 0 Å². The summed E-state index contributed by atoms with van der Waals surface area (Å²) in [6, 6.07) is 0. The van der Waals surface area contributed by atoms with Crippen LogP contribution in [0.5, 0.6) is 0 Å². The molecule has 1 aliphatic carbocycles. The highest BCUT2D eigenvalue weighted by Crippen LogP contribution is 2.37. The molecule has 0 unspecified atom stereocenters. The Morgan fingerprint density at radius 2 is 2.35 bits per heavy atom. The van der Waals surface area contributed by atoms with Gasteiger partial charge in [-0.2, -0.15) is 0 Å². The number of methoxy groups -OCH3 is 1. The van der Waals surface area contributed by atoms with Gasteiger partial charge in [0.2, 0.25) is 5.89 Å². The third-order valence-electron chi connectivity index (χ3n) is 3.50. The van der Waals surface area contributed by atoms with E-state index >= 15 is 0 Å². The zero-order valence-corrected chi connectivity index (χ0v) is 10.8. The van der Waals surface area contributed by atoms with Crippen molar-refractivity contribution in [2.75, 3.05) is 13.7 Å². The fraction of sp³-hybridized carbons (Fsp3) is 0.769. The third kappa shape index (κ3) is 3.07. The molecule has 1 heterocycles. The summed E-state index contributed by atoms with van der Waals surface area (Å²) in [5, 5.41) is 3.28. The van der Waals surface area contributed by atoms with Gasteiger partial charge < -0.3 is 14.5 Å². The fourth-order valence-corrected chi connectivity index (χ4v) is 2.23. The molecule has 1 fully saturated rings. The lowest BCUT2D eigenvalue weighted by Gasteiger charge is -2.39. The molecule has 4 nitrogen and oxygen atoms in total. The van der Waals surface area contributed by atoms with Gasteiger partial charge in [-0.05, 0) is 32.2 Å². The molecular weight excluding hydrogens is 216 g/mol. The molecule has 0 spiro atoms. The van der Waals surface area contributed by atoms with E-state index in [4.69, 9.17) is 9.15 Å². The van der Waals surface area contributed by atoms with Gasteiger partial charge in [-0.25, -0.2) is 4.98 Å². The molecule has 1 aromatic heterocycles. The minimum absolute atomic E-state index is 0.0215. The standard InChI is InChI=1S/C13H22N2O2/c1-3-7-14-10-12-15-9-11(17-12)8-13(16-2)5-4-6-13/h9,14H,3-8,10H2,1-2H3. The van der Waals surface area contributed by atoms with Gasteiger partial charge in [0.1, 0.15) is 5.76 Å².